The predicted molar refractivity (Wildman–Crippen MR) is 82.7 cm³/mol. The molecule has 0 heterocycles. The van der Waals surface area contributed by atoms with Gasteiger partial charge in [-0.25, -0.2) is 0 Å². The first-order valence-electron chi connectivity index (χ1n) is 6.95. The van der Waals surface area contributed by atoms with E-state index >= 15 is 0 Å². The van der Waals surface area contributed by atoms with Crippen LogP contribution in [-0.4, -0.2) is 48.9 Å². The zero-order chi connectivity index (χ0) is 16.5. The molecule has 0 aromatic heterocycles. The highest BCUT2D eigenvalue weighted by Gasteiger charge is 2.13. The number of amides is 2. The molecule has 0 aliphatic carbocycles. The molecule has 0 fully saturated rings. The number of carbonyl (C=O) groups excluding carboxylic acids is 3. The van der Waals surface area contributed by atoms with Gasteiger partial charge in [0, 0.05) is 23.7 Å². The number of halogens is 1. The summed E-state index contributed by atoms with van der Waals surface area (Å²) in [6.07, 6.45) is 0. The van der Waals surface area contributed by atoms with E-state index in [4.69, 9.17) is 16.3 Å². The van der Waals surface area contributed by atoms with Crippen molar-refractivity contribution in [3.8, 4) is 0 Å². The van der Waals surface area contributed by atoms with Gasteiger partial charge in [-0.1, -0.05) is 11.6 Å². The van der Waals surface area contributed by atoms with E-state index in [1.165, 1.54) is 0 Å². The second-order valence-corrected chi connectivity index (χ2v) is 4.85. The van der Waals surface area contributed by atoms with E-state index in [1.807, 2.05) is 13.8 Å². The van der Waals surface area contributed by atoms with E-state index in [2.05, 4.69) is 5.32 Å². The number of likely N-dealkylation sites (N-methyl/N-ethyl adjacent to an activating group) is 1. The number of hydrogen-bond donors (Lipinski definition) is 1. The van der Waals surface area contributed by atoms with Gasteiger partial charge >= 0.3 is 5.97 Å². The van der Waals surface area contributed by atoms with Crippen LogP contribution in [0.25, 0.3) is 0 Å². The molecule has 0 spiro atoms. The molecule has 120 valence electrons. The van der Waals surface area contributed by atoms with Crippen LogP contribution in [0.1, 0.15) is 24.2 Å². The first kappa shape index (κ1) is 18.0. The van der Waals surface area contributed by atoms with Gasteiger partial charge in [0.1, 0.15) is 6.54 Å². The molecule has 6 nitrogen and oxygen atoms in total. The van der Waals surface area contributed by atoms with Crippen molar-refractivity contribution in [1.29, 1.82) is 0 Å². The SMILES string of the molecule is CCN(CC)C(=O)COC(=O)CNC(=O)c1ccc(Cl)cc1. The third-order valence-electron chi connectivity index (χ3n) is 2.97. The highest BCUT2D eigenvalue weighted by Crippen LogP contribution is 2.09. The fourth-order valence-corrected chi connectivity index (χ4v) is 1.84. The maximum atomic E-state index is 11.8. The van der Waals surface area contributed by atoms with Crippen LogP contribution in [0, 0.1) is 0 Å². The molecule has 0 aliphatic heterocycles. The smallest absolute Gasteiger partial charge is 0.325 e. The van der Waals surface area contributed by atoms with E-state index in [-0.39, 0.29) is 19.1 Å². The van der Waals surface area contributed by atoms with Crippen molar-refractivity contribution in [2.45, 2.75) is 13.8 Å². The van der Waals surface area contributed by atoms with E-state index in [0.717, 1.165) is 0 Å². The van der Waals surface area contributed by atoms with Crippen molar-refractivity contribution in [3.63, 3.8) is 0 Å². The number of benzene rings is 1. The molecular formula is C15H19ClN2O4. The highest BCUT2D eigenvalue weighted by molar-refractivity contribution is 6.30. The lowest BCUT2D eigenvalue weighted by molar-refractivity contribution is -0.151. The fourth-order valence-electron chi connectivity index (χ4n) is 1.72. The van der Waals surface area contributed by atoms with Crippen LogP contribution in [0.15, 0.2) is 24.3 Å². The number of rotatable bonds is 7. The normalized spacial score (nSPS) is 9.95. The molecule has 0 saturated heterocycles. The molecule has 0 atom stereocenters. The predicted octanol–water partition coefficient (Wildman–Crippen LogP) is 1.48. The summed E-state index contributed by atoms with van der Waals surface area (Å²) in [5.74, 6) is -1.34. The Kier molecular flexibility index (Phi) is 7.39. The quantitative estimate of drug-likeness (QED) is 0.770. The summed E-state index contributed by atoms with van der Waals surface area (Å²) >= 11 is 5.72. The Labute approximate surface area is 134 Å². The fraction of sp³-hybridized carbons (Fsp3) is 0.400. The summed E-state index contributed by atoms with van der Waals surface area (Å²) in [5, 5.41) is 2.94. The van der Waals surface area contributed by atoms with E-state index in [9.17, 15) is 14.4 Å². The van der Waals surface area contributed by atoms with Gasteiger partial charge in [-0.15, -0.1) is 0 Å². The lowest BCUT2D eigenvalue weighted by Gasteiger charge is -2.18. The molecule has 1 N–H and O–H groups in total. The molecule has 7 heteroatoms. The van der Waals surface area contributed by atoms with Gasteiger partial charge in [-0.05, 0) is 38.1 Å². The Morgan fingerprint density at radius 2 is 1.73 bits per heavy atom. The number of nitrogens with one attached hydrogen (secondary N) is 1. The Hall–Kier alpha value is -2.08. The molecule has 0 saturated carbocycles. The van der Waals surface area contributed by atoms with Crippen molar-refractivity contribution in [3.05, 3.63) is 34.9 Å². The van der Waals surface area contributed by atoms with Crippen LogP contribution >= 0.6 is 11.6 Å². The minimum atomic E-state index is -0.664. The van der Waals surface area contributed by atoms with Crippen LogP contribution < -0.4 is 5.32 Å². The van der Waals surface area contributed by atoms with Crippen molar-refractivity contribution >= 4 is 29.4 Å². The van der Waals surface area contributed by atoms with Crippen LogP contribution in [0.3, 0.4) is 0 Å². The van der Waals surface area contributed by atoms with Crippen molar-refractivity contribution in [2.24, 2.45) is 0 Å². The maximum absolute atomic E-state index is 11.8. The van der Waals surface area contributed by atoms with Crippen molar-refractivity contribution in [1.82, 2.24) is 10.2 Å². The van der Waals surface area contributed by atoms with Gasteiger partial charge in [-0.2, -0.15) is 0 Å². The average molecular weight is 327 g/mol. The molecule has 2 amide bonds. The number of ether oxygens (including phenoxy) is 1. The molecule has 0 bridgehead atoms. The first-order chi connectivity index (χ1) is 10.5. The third-order valence-corrected chi connectivity index (χ3v) is 3.22. The molecular weight excluding hydrogens is 308 g/mol. The highest BCUT2D eigenvalue weighted by atomic mass is 35.5. The van der Waals surface area contributed by atoms with Gasteiger partial charge in [-0.3, -0.25) is 14.4 Å². The summed E-state index contributed by atoms with van der Waals surface area (Å²) in [5.41, 5.74) is 0.386. The zero-order valence-corrected chi connectivity index (χ0v) is 13.4. The standard InChI is InChI=1S/C15H19ClN2O4/c1-3-18(4-2)13(19)10-22-14(20)9-17-15(21)11-5-7-12(16)8-6-11/h5-8H,3-4,9-10H2,1-2H3,(H,17,21). The molecule has 1 rings (SSSR count). The maximum Gasteiger partial charge on any atom is 0.325 e. The Bertz CT molecular complexity index is 527. The molecule has 0 aliphatic rings. The molecule has 0 radical (unpaired) electrons. The van der Waals surface area contributed by atoms with Crippen LogP contribution in [-0.2, 0) is 14.3 Å². The van der Waals surface area contributed by atoms with E-state index < -0.39 is 11.9 Å². The molecule has 1 aromatic carbocycles. The Balaban J connectivity index is 2.35. The number of hydrogen-bond acceptors (Lipinski definition) is 4. The van der Waals surface area contributed by atoms with E-state index in [0.29, 0.717) is 23.7 Å². The molecule has 1 aromatic rings. The second kappa shape index (κ2) is 9.04. The topological polar surface area (TPSA) is 75.7 Å². The van der Waals surface area contributed by atoms with Crippen LogP contribution in [0.4, 0.5) is 0 Å². The third kappa shape index (κ3) is 5.73. The summed E-state index contributed by atoms with van der Waals surface area (Å²) in [6, 6.07) is 6.26. The second-order valence-electron chi connectivity index (χ2n) is 4.42. The minimum Gasteiger partial charge on any atom is -0.454 e. The van der Waals surface area contributed by atoms with Gasteiger partial charge in [0.2, 0.25) is 0 Å². The minimum absolute atomic E-state index is 0.262. The lowest BCUT2D eigenvalue weighted by Crippen LogP contribution is -2.36. The Morgan fingerprint density at radius 3 is 2.27 bits per heavy atom. The monoisotopic (exact) mass is 326 g/mol. The average Bonchev–Trinajstić information content (AvgIpc) is 2.52. The summed E-state index contributed by atoms with van der Waals surface area (Å²) in [6.45, 7) is 4.18. The van der Waals surface area contributed by atoms with Gasteiger partial charge in [0.25, 0.3) is 11.8 Å². The number of nitrogens with zero attached hydrogens (tertiary/aromatic N) is 1. The largest absolute Gasteiger partial charge is 0.454 e. The van der Waals surface area contributed by atoms with Crippen LogP contribution in [0.2, 0.25) is 5.02 Å². The lowest BCUT2D eigenvalue weighted by atomic mass is 10.2. The van der Waals surface area contributed by atoms with Gasteiger partial charge in [0.05, 0.1) is 0 Å². The number of carbonyl (C=O) groups is 3. The molecule has 0 unspecified atom stereocenters. The van der Waals surface area contributed by atoms with Gasteiger partial charge < -0.3 is 15.0 Å². The van der Waals surface area contributed by atoms with E-state index in [1.54, 1.807) is 29.2 Å². The Morgan fingerprint density at radius 1 is 1.14 bits per heavy atom. The van der Waals surface area contributed by atoms with Crippen LogP contribution in [0.5, 0.6) is 0 Å². The molecule has 22 heavy (non-hydrogen) atoms. The summed E-state index contributed by atoms with van der Waals surface area (Å²) < 4.78 is 4.83. The van der Waals surface area contributed by atoms with Crippen molar-refractivity contribution < 1.29 is 19.1 Å². The summed E-state index contributed by atoms with van der Waals surface area (Å²) in [4.78, 5) is 36.5. The zero-order valence-electron chi connectivity index (χ0n) is 12.6. The first-order valence-corrected chi connectivity index (χ1v) is 7.32. The summed E-state index contributed by atoms with van der Waals surface area (Å²) in [7, 11) is 0. The van der Waals surface area contributed by atoms with Gasteiger partial charge in [0.15, 0.2) is 6.61 Å². The van der Waals surface area contributed by atoms with Crippen molar-refractivity contribution in [2.75, 3.05) is 26.2 Å². The number of esters is 1.